The van der Waals surface area contributed by atoms with Crippen molar-refractivity contribution < 1.29 is 8.83 Å². The third kappa shape index (κ3) is 3.14. The van der Waals surface area contributed by atoms with Gasteiger partial charge in [-0.3, -0.25) is 0 Å². The van der Waals surface area contributed by atoms with Crippen LogP contribution in [0.25, 0.3) is 11.5 Å². The normalized spacial score (nSPS) is 12.9. The molecule has 0 aliphatic carbocycles. The van der Waals surface area contributed by atoms with Gasteiger partial charge in [0, 0.05) is 11.8 Å². The van der Waals surface area contributed by atoms with Gasteiger partial charge < -0.3 is 14.6 Å². The summed E-state index contributed by atoms with van der Waals surface area (Å²) in [6, 6.07) is 2.08. The second-order valence-corrected chi connectivity index (χ2v) is 5.35. The molecule has 5 nitrogen and oxygen atoms in total. The molecule has 0 amide bonds. The smallest absolute Gasteiger partial charge is 0.251 e. The number of rotatable bonds is 5. The number of thioether (sulfide) groups is 1. The van der Waals surface area contributed by atoms with E-state index in [1.54, 1.807) is 11.8 Å². The minimum atomic E-state index is 0.177. The molecule has 0 radical (unpaired) electrons. The van der Waals surface area contributed by atoms with Crippen LogP contribution >= 0.6 is 11.8 Å². The maximum absolute atomic E-state index is 5.68. The van der Waals surface area contributed by atoms with Crippen molar-refractivity contribution in [2.24, 2.45) is 5.73 Å². The topological polar surface area (TPSA) is 78.1 Å². The summed E-state index contributed by atoms with van der Waals surface area (Å²) in [5.74, 6) is 4.33. The van der Waals surface area contributed by atoms with Crippen molar-refractivity contribution in [2.75, 3.05) is 5.75 Å². The summed E-state index contributed by atoms with van der Waals surface area (Å²) in [5.41, 5.74) is 6.54. The molecule has 2 aromatic rings. The van der Waals surface area contributed by atoms with E-state index in [0.717, 1.165) is 22.8 Å². The van der Waals surface area contributed by atoms with Gasteiger partial charge in [0.2, 0.25) is 5.89 Å². The summed E-state index contributed by atoms with van der Waals surface area (Å²) in [4.78, 5) is 0. The molecular formula is C12H17N3O2S. The average molecular weight is 267 g/mol. The molecule has 6 heteroatoms. The van der Waals surface area contributed by atoms with Crippen molar-refractivity contribution in [3.63, 3.8) is 0 Å². The zero-order valence-electron chi connectivity index (χ0n) is 10.8. The molecule has 98 valence electrons. The highest BCUT2D eigenvalue weighted by molar-refractivity contribution is 7.98. The molecule has 2 rings (SSSR count). The SMILES string of the molecule is Cc1cc(-c2nnc(CSCC(C)N)o2)c(C)o1. The van der Waals surface area contributed by atoms with Gasteiger partial charge >= 0.3 is 0 Å². The Hall–Kier alpha value is -1.27. The van der Waals surface area contributed by atoms with Crippen LogP contribution in [-0.2, 0) is 5.75 Å². The first-order valence-corrected chi connectivity index (χ1v) is 6.95. The maximum atomic E-state index is 5.68. The highest BCUT2D eigenvalue weighted by atomic mass is 32.2. The molecule has 0 aliphatic heterocycles. The summed E-state index contributed by atoms with van der Waals surface area (Å²) in [6.45, 7) is 5.76. The zero-order chi connectivity index (χ0) is 13.1. The zero-order valence-corrected chi connectivity index (χ0v) is 11.6. The van der Waals surface area contributed by atoms with Gasteiger partial charge in [-0.05, 0) is 26.8 Å². The largest absolute Gasteiger partial charge is 0.466 e. The van der Waals surface area contributed by atoms with E-state index in [-0.39, 0.29) is 6.04 Å². The second kappa shape index (κ2) is 5.58. The quantitative estimate of drug-likeness (QED) is 0.896. The van der Waals surface area contributed by atoms with Crippen molar-refractivity contribution >= 4 is 11.8 Å². The minimum absolute atomic E-state index is 0.177. The number of nitrogens with zero attached hydrogens (tertiary/aromatic N) is 2. The summed E-state index contributed by atoms with van der Waals surface area (Å²) in [5, 5.41) is 8.06. The lowest BCUT2D eigenvalue weighted by atomic mass is 10.2. The molecule has 0 aromatic carbocycles. The van der Waals surface area contributed by atoms with E-state index < -0.39 is 0 Å². The van der Waals surface area contributed by atoms with E-state index in [1.807, 2.05) is 26.8 Å². The Morgan fingerprint density at radius 3 is 2.72 bits per heavy atom. The summed E-state index contributed by atoms with van der Waals surface area (Å²) < 4.78 is 11.0. The van der Waals surface area contributed by atoms with Crippen LogP contribution in [0, 0.1) is 13.8 Å². The van der Waals surface area contributed by atoms with E-state index in [0.29, 0.717) is 17.5 Å². The summed E-state index contributed by atoms with van der Waals surface area (Å²) >= 11 is 1.69. The van der Waals surface area contributed by atoms with E-state index >= 15 is 0 Å². The van der Waals surface area contributed by atoms with Gasteiger partial charge in [0.25, 0.3) is 5.89 Å². The van der Waals surface area contributed by atoms with Gasteiger partial charge in [0.1, 0.15) is 11.5 Å². The molecule has 18 heavy (non-hydrogen) atoms. The van der Waals surface area contributed by atoms with Crippen molar-refractivity contribution in [1.29, 1.82) is 0 Å². The lowest BCUT2D eigenvalue weighted by Gasteiger charge is -2.01. The fourth-order valence-corrected chi connectivity index (χ4v) is 2.38. The van der Waals surface area contributed by atoms with Crippen LogP contribution in [0.1, 0.15) is 24.3 Å². The molecule has 2 heterocycles. The Kier molecular flexibility index (Phi) is 4.08. The van der Waals surface area contributed by atoms with Crippen LogP contribution in [-0.4, -0.2) is 22.0 Å². The van der Waals surface area contributed by atoms with Crippen LogP contribution in [0.4, 0.5) is 0 Å². The average Bonchev–Trinajstić information content (AvgIpc) is 2.85. The van der Waals surface area contributed by atoms with Crippen molar-refractivity contribution in [2.45, 2.75) is 32.6 Å². The lowest BCUT2D eigenvalue weighted by molar-refractivity contribution is 0.499. The highest BCUT2D eigenvalue weighted by Crippen LogP contribution is 2.26. The van der Waals surface area contributed by atoms with Crippen molar-refractivity contribution in [1.82, 2.24) is 10.2 Å². The predicted molar refractivity (Wildman–Crippen MR) is 71.3 cm³/mol. The molecule has 0 saturated carbocycles. The van der Waals surface area contributed by atoms with Crippen LogP contribution in [0.3, 0.4) is 0 Å². The van der Waals surface area contributed by atoms with Crippen LogP contribution in [0.2, 0.25) is 0 Å². The Balaban J connectivity index is 2.04. The molecule has 2 aromatic heterocycles. The highest BCUT2D eigenvalue weighted by Gasteiger charge is 2.14. The third-order valence-corrected chi connectivity index (χ3v) is 3.56. The fourth-order valence-electron chi connectivity index (χ4n) is 1.60. The van der Waals surface area contributed by atoms with Crippen molar-refractivity contribution in [3.05, 3.63) is 23.5 Å². The number of nitrogens with two attached hydrogens (primary N) is 1. The molecule has 0 aliphatic rings. The van der Waals surface area contributed by atoms with Gasteiger partial charge in [-0.15, -0.1) is 10.2 Å². The van der Waals surface area contributed by atoms with Gasteiger partial charge in [0.15, 0.2) is 0 Å². The summed E-state index contributed by atoms with van der Waals surface area (Å²) in [6.07, 6.45) is 0. The monoisotopic (exact) mass is 267 g/mol. The molecule has 0 saturated heterocycles. The van der Waals surface area contributed by atoms with Gasteiger partial charge in [-0.1, -0.05) is 0 Å². The number of hydrogen-bond donors (Lipinski definition) is 1. The van der Waals surface area contributed by atoms with E-state index in [2.05, 4.69) is 10.2 Å². The number of aromatic nitrogens is 2. The van der Waals surface area contributed by atoms with E-state index in [1.165, 1.54) is 0 Å². The van der Waals surface area contributed by atoms with Crippen LogP contribution in [0.5, 0.6) is 0 Å². The number of hydrogen-bond acceptors (Lipinski definition) is 6. The molecule has 0 fully saturated rings. The van der Waals surface area contributed by atoms with Gasteiger partial charge in [0.05, 0.1) is 11.3 Å². The van der Waals surface area contributed by atoms with Crippen LogP contribution < -0.4 is 5.73 Å². The molecule has 1 unspecified atom stereocenters. The predicted octanol–water partition coefficient (Wildman–Crippen LogP) is 2.53. The second-order valence-electron chi connectivity index (χ2n) is 4.32. The standard InChI is InChI=1S/C12H17N3O2S/c1-7(13)5-18-6-11-14-15-12(17-11)10-4-8(2)16-9(10)3/h4,7H,5-6,13H2,1-3H3. The fraction of sp³-hybridized carbons (Fsp3) is 0.500. The van der Waals surface area contributed by atoms with Crippen molar-refractivity contribution in [3.8, 4) is 11.5 Å². The number of furan rings is 1. The number of aryl methyl sites for hydroxylation is 2. The van der Waals surface area contributed by atoms with Crippen LogP contribution in [0.15, 0.2) is 14.9 Å². The Bertz CT molecular complexity index is 519. The third-order valence-electron chi connectivity index (χ3n) is 2.34. The van der Waals surface area contributed by atoms with E-state index in [4.69, 9.17) is 14.6 Å². The first kappa shape index (κ1) is 13.2. The maximum Gasteiger partial charge on any atom is 0.251 e. The molecular weight excluding hydrogens is 250 g/mol. The molecule has 1 atom stereocenters. The Labute approximate surface area is 110 Å². The molecule has 0 bridgehead atoms. The van der Waals surface area contributed by atoms with E-state index in [9.17, 15) is 0 Å². The Morgan fingerprint density at radius 1 is 1.33 bits per heavy atom. The molecule has 0 spiro atoms. The summed E-state index contributed by atoms with van der Waals surface area (Å²) in [7, 11) is 0. The Morgan fingerprint density at radius 2 is 2.11 bits per heavy atom. The van der Waals surface area contributed by atoms with Gasteiger partial charge in [-0.25, -0.2) is 0 Å². The minimum Gasteiger partial charge on any atom is -0.466 e. The first-order valence-electron chi connectivity index (χ1n) is 5.79. The lowest BCUT2D eigenvalue weighted by Crippen LogP contribution is -2.17. The first-order chi connectivity index (χ1) is 8.56. The molecule has 2 N–H and O–H groups in total. The van der Waals surface area contributed by atoms with Gasteiger partial charge in [-0.2, -0.15) is 11.8 Å².